The molecule has 0 aromatic heterocycles. The van der Waals surface area contributed by atoms with Gasteiger partial charge in [0.25, 0.3) is 5.91 Å². The Balaban J connectivity index is 2.12. The molecule has 0 spiro atoms. The van der Waals surface area contributed by atoms with Crippen LogP contribution in [0.3, 0.4) is 0 Å². The number of benzene rings is 2. The van der Waals surface area contributed by atoms with E-state index in [9.17, 15) is 13.6 Å². The SMILES string of the molecule is O=C(NCc1ccc(F)c(CO)c1)c1cc(F)c(Cl)cc1Cl. The Hall–Kier alpha value is -1.69. The Kier molecular flexibility index (Phi) is 5.34. The maximum Gasteiger partial charge on any atom is 0.253 e. The van der Waals surface area contributed by atoms with E-state index in [1.54, 1.807) is 0 Å². The van der Waals surface area contributed by atoms with Crippen molar-refractivity contribution in [2.24, 2.45) is 0 Å². The largest absolute Gasteiger partial charge is 0.392 e. The van der Waals surface area contributed by atoms with Gasteiger partial charge in [0.15, 0.2) is 0 Å². The van der Waals surface area contributed by atoms with Crippen LogP contribution in [0.4, 0.5) is 8.78 Å². The molecule has 0 saturated carbocycles. The van der Waals surface area contributed by atoms with Crippen molar-refractivity contribution in [3.63, 3.8) is 0 Å². The van der Waals surface area contributed by atoms with Crippen molar-refractivity contribution >= 4 is 29.1 Å². The average molecular weight is 346 g/mol. The summed E-state index contributed by atoms with van der Waals surface area (Å²) >= 11 is 11.4. The third-order valence-corrected chi connectivity index (χ3v) is 3.59. The maximum absolute atomic E-state index is 13.4. The first kappa shape index (κ1) is 16.7. The van der Waals surface area contributed by atoms with Crippen molar-refractivity contribution in [2.75, 3.05) is 0 Å². The highest BCUT2D eigenvalue weighted by Gasteiger charge is 2.14. The number of carbonyl (C=O) groups excluding carboxylic acids is 1. The van der Waals surface area contributed by atoms with Gasteiger partial charge in [-0.05, 0) is 29.8 Å². The number of rotatable bonds is 4. The molecule has 7 heteroatoms. The highest BCUT2D eigenvalue weighted by Crippen LogP contribution is 2.24. The first-order chi connectivity index (χ1) is 10.4. The number of aliphatic hydroxyl groups excluding tert-OH is 1. The van der Waals surface area contributed by atoms with Crippen molar-refractivity contribution in [2.45, 2.75) is 13.2 Å². The molecule has 116 valence electrons. The van der Waals surface area contributed by atoms with Gasteiger partial charge in [-0.3, -0.25) is 4.79 Å². The predicted molar refractivity (Wildman–Crippen MR) is 79.9 cm³/mol. The number of halogens is 4. The third-order valence-electron chi connectivity index (χ3n) is 2.99. The minimum Gasteiger partial charge on any atom is -0.392 e. The highest BCUT2D eigenvalue weighted by atomic mass is 35.5. The molecule has 0 bridgehead atoms. The number of aliphatic hydroxyl groups is 1. The smallest absolute Gasteiger partial charge is 0.253 e. The van der Waals surface area contributed by atoms with Crippen LogP contribution in [0.2, 0.25) is 10.0 Å². The van der Waals surface area contributed by atoms with E-state index < -0.39 is 24.1 Å². The van der Waals surface area contributed by atoms with E-state index in [-0.39, 0.29) is 27.7 Å². The third kappa shape index (κ3) is 3.74. The lowest BCUT2D eigenvalue weighted by Crippen LogP contribution is -2.23. The Morgan fingerprint density at radius 3 is 2.50 bits per heavy atom. The molecule has 0 aliphatic rings. The van der Waals surface area contributed by atoms with Crippen LogP contribution in [0.25, 0.3) is 0 Å². The molecule has 2 rings (SSSR count). The lowest BCUT2D eigenvalue weighted by atomic mass is 10.1. The zero-order chi connectivity index (χ0) is 16.3. The fourth-order valence-corrected chi connectivity index (χ4v) is 2.30. The summed E-state index contributed by atoms with van der Waals surface area (Å²) in [5, 5.41) is 11.4. The normalized spacial score (nSPS) is 10.6. The van der Waals surface area contributed by atoms with Gasteiger partial charge in [0.1, 0.15) is 11.6 Å². The number of carbonyl (C=O) groups is 1. The second-order valence-corrected chi connectivity index (χ2v) is 5.33. The number of nitrogens with one attached hydrogen (secondary N) is 1. The zero-order valence-electron chi connectivity index (χ0n) is 11.2. The number of hydrogen-bond acceptors (Lipinski definition) is 2. The summed E-state index contributed by atoms with van der Waals surface area (Å²) in [7, 11) is 0. The molecular weight excluding hydrogens is 335 g/mol. The fraction of sp³-hybridized carbons (Fsp3) is 0.133. The quantitative estimate of drug-likeness (QED) is 0.830. The Bertz CT molecular complexity index is 723. The lowest BCUT2D eigenvalue weighted by molar-refractivity contribution is 0.0950. The molecule has 22 heavy (non-hydrogen) atoms. The summed E-state index contributed by atoms with van der Waals surface area (Å²) in [4.78, 5) is 12.0. The van der Waals surface area contributed by atoms with E-state index in [2.05, 4.69) is 5.32 Å². The van der Waals surface area contributed by atoms with Crippen molar-refractivity contribution in [1.82, 2.24) is 5.32 Å². The molecule has 0 aliphatic carbocycles. The van der Waals surface area contributed by atoms with Crippen molar-refractivity contribution in [3.05, 3.63) is 68.7 Å². The first-order valence-corrected chi connectivity index (χ1v) is 6.99. The lowest BCUT2D eigenvalue weighted by Gasteiger charge is -2.09. The van der Waals surface area contributed by atoms with E-state index >= 15 is 0 Å². The molecule has 0 aliphatic heterocycles. The van der Waals surface area contributed by atoms with Gasteiger partial charge < -0.3 is 10.4 Å². The molecule has 0 heterocycles. The number of amides is 1. The molecule has 3 nitrogen and oxygen atoms in total. The van der Waals surface area contributed by atoms with Crippen LogP contribution in [0.5, 0.6) is 0 Å². The van der Waals surface area contributed by atoms with Crippen LogP contribution in [0.15, 0.2) is 30.3 Å². The summed E-state index contributed by atoms with van der Waals surface area (Å²) in [6.45, 7) is -0.367. The molecule has 0 unspecified atom stereocenters. The standard InChI is InChI=1S/C15H11Cl2F2NO2/c16-11-5-12(17)14(19)4-10(11)15(22)20-6-8-1-2-13(18)9(3-8)7-21/h1-5,21H,6-7H2,(H,20,22). The van der Waals surface area contributed by atoms with Crippen molar-refractivity contribution in [1.29, 1.82) is 0 Å². The van der Waals surface area contributed by atoms with Gasteiger partial charge >= 0.3 is 0 Å². The van der Waals surface area contributed by atoms with Crippen LogP contribution in [0, 0.1) is 11.6 Å². The summed E-state index contributed by atoms with van der Waals surface area (Å²) < 4.78 is 26.6. The zero-order valence-corrected chi connectivity index (χ0v) is 12.7. The molecule has 2 aromatic rings. The molecule has 0 fully saturated rings. The minimum absolute atomic E-state index is 0.0269. The van der Waals surface area contributed by atoms with Gasteiger partial charge in [-0.25, -0.2) is 8.78 Å². The van der Waals surface area contributed by atoms with E-state index in [4.69, 9.17) is 28.3 Å². The average Bonchev–Trinajstić information content (AvgIpc) is 2.49. The molecule has 2 aromatic carbocycles. The van der Waals surface area contributed by atoms with Gasteiger partial charge in [-0.1, -0.05) is 29.3 Å². The second kappa shape index (κ2) is 7.05. The Morgan fingerprint density at radius 2 is 1.82 bits per heavy atom. The first-order valence-electron chi connectivity index (χ1n) is 6.23. The predicted octanol–water partition coefficient (Wildman–Crippen LogP) is 3.69. The van der Waals surface area contributed by atoms with Crippen LogP contribution in [0.1, 0.15) is 21.5 Å². The molecule has 1 amide bonds. The van der Waals surface area contributed by atoms with Gasteiger partial charge in [0.2, 0.25) is 0 Å². The van der Waals surface area contributed by atoms with Crippen LogP contribution in [-0.2, 0) is 13.2 Å². The summed E-state index contributed by atoms with van der Waals surface area (Å²) in [6, 6.07) is 6.19. The second-order valence-electron chi connectivity index (χ2n) is 4.51. The van der Waals surface area contributed by atoms with Gasteiger partial charge in [-0.15, -0.1) is 0 Å². The van der Waals surface area contributed by atoms with E-state index in [1.165, 1.54) is 18.2 Å². The molecule has 0 radical (unpaired) electrons. The fourth-order valence-electron chi connectivity index (χ4n) is 1.83. The van der Waals surface area contributed by atoms with Crippen LogP contribution in [-0.4, -0.2) is 11.0 Å². The van der Waals surface area contributed by atoms with Crippen molar-refractivity contribution < 1.29 is 18.7 Å². The highest BCUT2D eigenvalue weighted by molar-refractivity contribution is 6.36. The summed E-state index contributed by atoms with van der Waals surface area (Å²) in [6.07, 6.45) is 0. The van der Waals surface area contributed by atoms with E-state index in [1.807, 2.05) is 0 Å². The molecule has 0 atom stereocenters. The van der Waals surface area contributed by atoms with Gasteiger partial charge in [0.05, 0.1) is 22.2 Å². The van der Waals surface area contributed by atoms with Crippen LogP contribution < -0.4 is 5.32 Å². The summed E-state index contributed by atoms with van der Waals surface area (Å²) in [5.41, 5.74) is 0.666. The monoisotopic (exact) mass is 345 g/mol. The van der Waals surface area contributed by atoms with E-state index in [0.717, 1.165) is 12.1 Å². The van der Waals surface area contributed by atoms with E-state index in [0.29, 0.717) is 5.56 Å². The van der Waals surface area contributed by atoms with Crippen LogP contribution >= 0.6 is 23.2 Å². The molecular formula is C15H11Cl2F2NO2. The topological polar surface area (TPSA) is 49.3 Å². The summed E-state index contributed by atoms with van der Waals surface area (Å²) in [5.74, 6) is -1.86. The maximum atomic E-state index is 13.4. The minimum atomic E-state index is -0.749. The molecule has 2 N–H and O–H groups in total. The molecule has 0 saturated heterocycles. The Labute approximate surface area is 135 Å². The van der Waals surface area contributed by atoms with Gasteiger partial charge in [0, 0.05) is 12.1 Å². The number of hydrogen-bond donors (Lipinski definition) is 2. The Morgan fingerprint density at radius 1 is 1.09 bits per heavy atom. The van der Waals surface area contributed by atoms with Gasteiger partial charge in [-0.2, -0.15) is 0 Å². The van der Waals surface area contributed by atoms with Crippen molar-refractivity contribution in [3.8, 4) is 0 Å².